The molecule has 0 aliphatic rings. The van der Waals surface area contributed by atoms with E-state index in [1.54, 1.807) is 0 Å². The van der Waals surface area contributed by atoms with Crippen molar-refractivity contribution in [3.8, 4) is 11.1 Å². The van der Waals surface area contributed by atoms with Crippen LogP contribution in [0.15, 0.2) is 36.4 Å². The fourth-order valence-corrected chi connectivity index (χ4v) is 2.37. The van der Waals surface area contributed by atoms with Crippen LogP contribution in [0.1, 0.15) is 5.56 Å². The number of aromatic amines is 1. The van der Waals surface area contributed by atoms with Crippen LogP contribution in [0.2, 0.25) is 5.02 Å². The second kappa shape index (κ2) is 4.57. The minimum Gasteiger partial charge on any atom is -0.382 e. The monoisotopic (exact) mass is 272 g/mol. The number of nitrogens with one attached hydrogen (secondary N) is 1. The Morgan fingerprint density at radius 3 is 2.58 bits per heavy atom. The van der Waals surface area contributed by atoms with Crippen molar-refractivity contribution in [2.75, 3.05) is 5.73 Å². The molecule has 0 aliphatic carbocycles. The fraction of sp³-hybridized carbons (Fsp3) is 0.0714. The lowest BCUT2D eigenvalue weighted by atomic mass is 10.0. The van der Waals surface area contributed by atoms with Crippen LogP contribution >= 0.6 is 11.6 Å². The summed E-state index contributed by atoms with van der Waals surface area (Å²) in [5.41, 5.74) is 15.3. The number of hydrogen-bond donors (Lipinski definition) is 3. The Morgan fingerprint density at radius 1 is 1.16 bits per heavy atom. The molecule has 4 nitrogen and oxygen atoms in total. The summed E-state index contributed by atoms with van der Waals surface area (Å²) in [7, 11) is 0. The average molecular weight is 273 g/mol. The Labute approximate surface area is 115 Å². The largest absolute Gasteiger partial charge is 0.382 e. The first-order valence-corrected chi connectivity index (χ1v) is 6.29. The summed E-state index contributed by atoms with van der Waals surface area (Å²) in [6.45, 7) is 0.529. The lowest BCUT2D eigenvalue weighted by Crippen LogP contribution is -1.95. The van der Waals surface area contributed by atoms with E-state index in [4.69, 9.17) is 23.1 Å². The van der Waals surface area contributed by atoms with Gasteiger partial charge in [0.15, 0.2) is 5.82 Å². The van der Waals surface area contributed by atoms with E-state index in [0.29, 0.717) is 17.4 Å². The van der Waals surface area contributed by atoms with Crippen molar-refractivity contribution in [1.82, 2.24) is 10.2 Å². The minimum atomic E-state index is 0.478. The summed E-state index contributed by atoms with van der Waals surface area (Å²) >= 11 is 6.31. The molecule has 3 rings (SSSR count). The predicted octanol–water partition coefficient (Wildman–Crippen LogP) is 2.92. The summed E-state index contributed by atoms with van der Waals surface area (Å²) in [6.07, 6.45) is 0. The summed E-state index contributed by atoms with van der Waals surface area (Å²) < 4.78 is 0. The summed E-state index contributed by atoms with van der Waals surface area (Å²) in [5.74, 6) is 0.478. The summed E-state index contributed by atoms with van der Waals surface area (Å²) in [5, 5.41) is 8.37. The minimum absolute atomic E-state index is 0.478. The van der Waals surface area contributed by atoms with Crippen LogP contribution < -0.4 is 11.5 Å². The first-order valence-electron chi connectivity index (χ1n) is 5.91. The highest BCUT2D eigenvalue weighted by atomic mass is 35.5. The fourth-order valence-electron chi connectivity index (χ4n) is 2.10. The molecule has 1 heterocycles. The normalized spacial score (nSPS) is 11.1. The standard InChI is InChI=1S/C14H13ClN4/c15-12-6-13-11(14(17)19-18-13)5-10(12)9-3-1-8(7-16)2-4-9/h1-6H,7,16H2,(H3,17,18,19). The number of halogens is 1. The predicted molar refractivity (Wildman–Crippen MR) is 78.8 cm³/mol. The Bertz CT molecular complexity index is 731. The maximum atomic E-state index is 6.31. The average Bonchev–Trinajstić information content (AvgIpc) is 2.79. The van der Waals surface area contributed by atoms with Gasteiger partial charge in [-0.3, -0.25) is 5.10 Å². The van der Waals surface area contributed by atoms with Crippen LogP contribution in [-0.2, 0) is 6.54 Å². The lowest BCUT2D eigenvalue weighted by molar-refractivity contribution is 1.07. The maximum absolute atomic E-state index is 6.31. The number of nitrogens with two attached hydrogens (primary N) is 2. The van der Waals surface area contributed by atoms with Crippen LogP contribution in [0.5, 0.6) is 0 Å². The van der Waals surface area contributed by atoms with Gasteiger partial charge in [0.25, 0.3) is 0 Å². The molecule has 1 aromatic heterocycles. The Morgan fingerprint density at radius 2 is 1.89 bits per heavy atom. The van der Waals surface area contributed by atoms with Crippen molar-refractivity contribution in [3.05, 3.63) is 47.0 Å². The van der Waals surface area contributed by atoms with Crippen LogP contribution in [-0.4, -0.2) is 10.2 Å². The molecule has 0 saturated carbocycles. The molecule has 0 amide bonds. The number of hydrogen-bond acceptors (Lipinski definition) is 3. The Balaban J connectivity index is 2.17. The van der Waals surface area contributed by atoms with Gasteiger partial charge in [-0.25, -0.2) is 0 Å². The van der Waals surface area contributed by atoms with Gasteiger partial charge in [0.2, 0.25) is 0 Å². The molecule has 0 fully saturated rings. The Kier molecular flexibility index (Phi) is 2.89. The second-order valence-electron chi connectivity index (χ2n) is 4.39. The number of benzene rings is 2. The van der Waals surface area contributed by atoms with Crippen LogP contribution in [0.25, 0.3) is 22.0 Å². The molecular formula is C14H13ClN4. The summed E-state index contributed by atoms with van der Waals surface area (Å²) in [4.78, 5) is 0. The van der Waals surface area contributed by atoms with Gasteiger partial charge in [-0.05, 0) is 23.3 Å². The summed E-state index contributed by atoms with van der Waals surface area (Å²) in [6, 6.07) is 11.8. The third-order valence-corrected chi connectivity index (χ3v) is 3.49. The van der Waals surface area contributed by atoms with Crippen molar-refractivity contribution < 1.29 is 0 Å². The van der Waals surface area contributed by atoms with Gasteiger partial charge >= 0.3 is 0 Å². The lowest BCUT2D eigenvalue weighted by Gasteiger charge is -2.06. The zero-order valence-corrected chi connectivity index (χ0v) is 10.9. The molecule has 96 valence electrons. The molecule has 19 heavy (non-hydrogen) atoms. The molecule has 5 N–H and O–H groups in total. The first-order chi connectivity index (χ1) is 9.19. The number of H-pyrrole nitrogens is 1. The number of aromatic nitrogens is 2. The molecule has 0 unspecified atom stereocenters. The molecule has 0 radical (unpaired) electrons. The molecule has 0 aliphatic heterocycles. The molecular weight excluding hydrogens is 260 g/mol. The second-order valence-corrected chi connectivity index (χ2v) is 4.79. The van der Waals surface area contributed by atoms with Gasteiger partial charge in [0.05, 0.1) is 10.5 Å². The third kappa shape index (κ3) is 2.05. The molecule has 2 aromatic carbocycles. The highest BCUT2D eigenvalue weighted by molar-refractivity contribution is 6.34. The van der Waals surface area contributed by atoms with E-state index in [9.17, 15) is 0 Å². The van der Waals surface area contributed by atoms with E-state index < -0.39 is 0 Å². The number of nitrogen functional groups attached to an aromatic ring is 1. The molecule has 5 heteroatoms. The van der Waals surface area contributed by atoms with E-state index in [2.05, 4.69) is 10.2 Å². The van der Waals surface area contributed by atoms with Gasteiger partial charge in [0.1, 0.15) is 0 Å². The zero-order chi connectivity index (χ0) is 13.4. The van der Waals surface area contributed by atoms with Crippen molar-refractivity contribution in [2.24, 2.45) is 5.73 Å². The molecule has 0 atom stereocenters. The van der Waals surface area contributed by atoms with Gasteiger partial charge < -0.3 is 11.5 Å². The number of rotatable bonds is 2. The van der Waals surface area contributed by atoms with Gasteiger partial charge in [-0.15, -0.1) is 0 Å². The van der Waals surface area contributed by atoms with Crippen LogP contribution in [0.3, 0.4) is 0 Å². The first kappa shape index (κ1) is 12.0. The van der Waals surface area contributed by atoms with E-state index >= 15 is 0 Å². The molecule has 0 bridgehead atoms. The molecule has 3 aromatic rings. The van der Waals surface area contributed by atoms with Crippen LogP contribution in [0, 0.1) is 0 Å². The quantitative estimate of drug-likeness (QED) is 0.671. The maximum Gasteiger partial charge on any atom is 0.153 e. The van der Waals surface area contributed by atoms with Crippen molar-refractivity contribution >= 4 is 28.3 Å². The Hall–Kier alpha value is -2.04. The highest BCUT2D eigenvalue weighted by Crippen LogP contribution is 2.33. The van der Waals surface area contributed by atoms with E-state index in [-0.39, 0.29) is 0 Å². The topological polar surface area (TPSA) is 80.7 Å². The van der Waals surface area contributed by atoms with Crippen LogP contribution in [0.4, 0.5) is 5.82 Å². The molecule has 0 saturated heterocycles. The van der Waals surface area contributed by atoms with E-state index in [0.717, 1.165) is 27.6 Å². The third-order valence-electron chi connectivity index (χ3n) is 3.18. The number of anilines is 1. The molecule has 0 spiro atoms. The van der Waals surface area contributed by atoms with E-state index in [1.165, 1.54) is 0 Å². The van der Waals surface area contributed by atoms with Crippen molar-refractivity contribution in [1.29, 1.82) is 0 Å². The van der Waals surface area contributed by atoms with Gasteiger partial charge in [-0.2, -0.15) is 5.10 Å². The SMILES string of the molecule is NCc1ccc(-c2cc3c(N)n[nH]c3cc2Cl)cc1. The number of nitrogens with zero attached hydrogens (tertiary/aromatic N) is 1. The van der Waals surface area contributed by atoms with Crippen molar-refractivity contribution in [3.63, 3.8) is 0 Å². The van der Waals surface area contributed by atoms with Gasteiger partial charge in [-0.1, -0.05) is 35.9 Å². The van der Waals surface area contributed by atoms with E-state index in [1.807, 2.05) is 36.4 Å². The van der Waals surface area contributed by atoms with Crippen molar-refractivity contribution in [2.45, 2.75) is 6.54 Å². The highest BCUT2D eigenvalue weighted by Gasteiger charge is 2.09. The zero-order valence-electron chi connectivity index (χ0n) is 10.2. The van der Waals surface area contributed by atoms with Gasteiger partial charge in [0, 0.05) is 17.5 Å². The number of fused-ring (bicyclic) bond motifs is 1. The smallest absolute Gasteiger partial charge is 0.153 e.